The molecule has 1 saturated heterocycles. The van der Waals surface area contributed by atoms with Crippen LogP contribution in [0.15, 0.2) is 12.1 Å². The number of carbonyl (C=O) groups excluding carboxylic acids is 1. The highest BCUT2D eigenvalue weighted by Gasteiger charge is 2.19. The highest BCUT2D eigenvalue weighted by molar-refractivity contribution is 5.94. The Hall–Kier alpha value is -1.95. The van der Waals surface area contributed by atoms with Crippen molar-refractivity contribution in [2.45, 2.75) is 31.8 Å². The van der Waals surface area contributed by atoms with Crippen LogP contribution in [0.3, 0.4) is 0 Å². The second-order valence-electron chi connectivity index (χ2n) is 5.01. The van der Waals surface area contributed by atoms with Crippen LogP contribution >= 0.6 is 0 Å². The summed E-state index contributed by atoms with van der Waals surface area (Å²) in [6.07, 6.45) is 3.52. The normalized spacial score (nSPS) is 20.1. The zero-order chi connectivity index (χ0) is 13.9. The molecule has 1 aromatic carbocycles. The molecule has 20 heavy (non-hydrogen) atoms. The van der Waals surface area contributed by atoms with Crippen LogP contribution in [0.1, 0.15) is 25.7 Å². The quantitative estimate of drug-likeness (QED) is 0.822. The highest BCUT2D eigenvalue weighted by Crippen LogP contribution is 2.38. The third kappa shape index (κ3) is 2.80. The van der Waals surface area contributed by atoms with E-state index in [1.54, 1.807) is 12.1 Å². The molecule has 1 fully saturated rings. The largest absolute Gasteiger partial charge is 0.454 e. The summed E-state index contributed by atoms with van der Waals surface area (Å²) in [5.74, 6) is 1.15. The van der Waals surface area contributed by atoms with E-state index in [1.807, 2.05) is 0 Å². The molecular formula is C14H18N2O4. The molecule has 2 heterocycles. The van der Waals surface area contributed by atoms with Crippen molar-refractivity contribution < 1.29 is 19.0 Å². The molecule has 0 aromatic heterocycles. The summed E-state index contributed by atoms with van der Waals surface area (Å²) in [5.41, 5.74) is 6.92. The summed E-state index contributed by atoms with van der Waals surface area (Å²) in [7, 11) is 0. The molecule has 6 heteroatoms. The minimum Gasteiger partial charge on any atom is -0.454 e. The van der Waals surface area contributed by atoms with E-state index in [9.17, 15) is 4.79 Å². The predicted octanol–water partition coefficient (Wildman–Crippen LogP) is 1.90. The molecule has 2 aliphatic heterocycles. The molecule has 108 valence electrons. The number of fused-ring (bicyclic) bond motifs is 1. The number of nitrogens with two attached hydrogens (primary N) is 1. The van der Waals surface area contributed by atoms with Crippen LogP contribution in [-0.4, -0.2) is 25.4 Å². The first-order valence-corrected chi connectivity index (χ1v) is 6.83. The number of hydrogen-bond acceptors (Lipinski definition) is 5. The molecule has 3 rings (SSSR count). The topological polar surface area (TPSA) is 82.8 Å². The fourth-order valence-corrected chi connectivity index (χ4v) is 2.44. The van der Waals surface area contributed by atoms with Crippen LogP contribution in [-0.2, 0) is 9.53 Å². The van der Waals surface area contributed by atoms with E-state index in [2.05, 4.69) is 5.32 Å². The summed E-state index contributed by atoms with van der Waals surface area (Å²) in [5, 5.41) is 2.81. The van der Waals surface area contributed by atoms with Gasteiger partial charge in [-0.1, -0.05) is 0 Å². The Morgan fingerprint density at radius 2 is 2.15 bits per heavy atom. The lowest BCUT2D eigenvalue weighted by Gasteiger charge is -2.11. The summed E-state index contributed by atoms with van der Waals surface area (Å²) in [6.45, 7) is 0.993. The van der Waals surface area contributed by atoms with E-state index in [4.69, 9.17) is 19.9 Å². The number of carbonyl (C=O) groups is 1. The maximum absolute atomic E-state index is 11.9. The highest BCUT2D eigenvalue weighted by atomic mass is 16.7. The van der Waals surface area contributed by atoms with Crippen LogP contribution < -0.4 is 20.5 Å². The molecule has 0 aliphatic carbocycles. The smallest absolute Gasteiger partial charge is 0.231 e. The molecule has 1 aromatic rings. The van der Waals surface area contributed by atoms with E-state index >= 15 is 0 Å². The zero-order valence-electron chi connectivity index (χ0n) is 11.2. The molecule has 3 N–H and O–H groups in total. The number of amides is 1. The fourth-order valence-electron chi connectivity index (χ4n) is 2.44. The average Bonchev–Trinajstić information content (AvgIpc) is 3.07. The summed E-state index contributed by atoms with van der Waals surface area (Å²) in [4.78, 5) is 11.9. The lowest BCUT2D eigenvalue weighted by atomic mass is 10.1. The maximum Gasteiger partial charge on any atom is 0.231 e. The Labute approximate surface area is 117 Å². The number of nitrogens with one attached hydrogen (secondary N) is 1. The first-order chi connectivity index (χ1) is 9.72. The number of nitrogen functional groups attached to an aromatic ring is 1. The van der Waals surface area contributed by atoms with Crippen LogP contribution in [0.4, 0.5) is 11.4 Å². The number of rotatable bonds is 4. The number of anilines is 2. The van der Waals surface area contributed by atoms with Gasteiger partial charge in [0.2, 0.25) is 12.7 Å². The first kappa shape index (κ1) is 13.1. The lowest BCUT2D eigenvalue weighted by molar-refractivity contribution is -0.116. The Morgan fingerprint density at radius 3 is 2.90 bits per heavy atom. The Morgan fingerprint density at radius 1 is 1.35 bits per heavy atom. The zero-order valence-corrected chi connectivity index (χ0v) is 11.2. The third-order valence-corrected chi connectivity index (χ3v) is 3.54. The van der Waals surface area contributed by atoms with E-state index in [0.717, 1.165) is 25.9 Å². The van der Waals surface area contributed by atoms with Crippen molar-refractivity contribution in [1.29, 1.82) is 0 Å². The molecule has 6 nitrogen and oxygen atoms in total. The second-order valence-corrected chi connectivity index (χ2v) is 5.01. The van der Waals surface area contributed by atoms with Gasteiger partial charge >= 0.3 is 0 Å². The van der Waals surface area contributed by atoms with Crippen molar-refractivity contribution >= 4 is 17.3 Å². The van der Waals surface area contributed by atoms with Crippen molar-refractivity contribution in [2.75, 3.05) is 24.5 Å². The van der Waals surface area contributed by atoms with E-state index in [-0.39, 0.29) is 18.8 Å². The Balaban J connectivity index is 1.58. The van der Waals surface area contributed by atoms with Crippen molar-refractivity contribution in [3.8, 4) is 11.5 Å². The van der Waals surface area contributed by atoms with Crippen LogP contribution in [0, 0.1) is 0 Å². The molecule has 0 radical (unpaired) electrons. The van der Waals surface area contributed by atoms with Gasteiger partial charge in [0.1, 0.15) is 0 Å². The van der Waals surface area contributed by atoms with E-state index in [1.165, 1.54) is 0 Å². The maximum atomic E-state index is 11.9. The van der Waals surface area contributed by atoms with E-state index < -0.39 is 0 Å². The van der Waals surface area contributed by atoms with Gasteiger partial charge in [-0.15, -0.1) is 0 Å². The van der Waals surface area contributed by atoms with Gasteiger partial charge < -0.3 is 25.3 Å². The van der Waals surface area contributed by atoms with Gasteiger partial charge in [0.15, 0.2) is 11.5 Å². The fraction of sp³-hybridized carbons (Fsp3) is 0.500. The minimum absolute atomic E-state index is 0.0638. The predicted molar refractivity (Wildman–Crippen MR) is 73.8 cm³/mol. The van der Waals surface area contributed by atoms with Crippen molar-refractivity contribution in [3.05, 3.63) is 12.1 Å². The average molecular weight is 278 g/mol. The number of hydrogen-bond donors (Lipinski definition) is 2. The molecule has 0 saturated carbocycles. The number of ether oxygens (including phenoxy) is 3. The molecule has 1 atom stereocenters. The van der Waals surface area contributed by atoms with Gasteiger partial charge in [0, 0.05) is 25.2 Å². The van der Waals surface area contributed by atoms with Crippen LogP contribution in [0.2, 0.25) is 0 Å². The standard InChI is InChI=1S/C14H18N2O4/c15-10-6-12-13(20-8-19-12)7-11(10)16-14(17)4-3-9-2-1-5-18-9/h6-7,9H,1-5,8,15H2,(H,16,17). The van der Waals surface area contributed by atoms with Gasteiger partial charge in [0.05, 0.1) is 17.5 Å². The van der Waals surface area contributed by atoms with Gasteiger partial charge in [-0.25, -0.2) is 0 Å². The lowest BCUT2D eigenvalue weighted by Crippen LogP contribution is -2.16. The number of benzene rings is 1. The van der Waals surface area contributed by atoms with Gasteiger partial charge in [-0.3, -0.25) is 4.79 Å². The Kier molecular flexibility index (Phi) is 3.64. The summed E-state index contributed by atoms with van der Waals surface area (Å²) >= 11 is 0. The third-order valence-electron chi connectivity index (χ3n) is 3.54. The molecule has 2 aliphatic rings. The van der Waals surface area contributed by atoms with Gasteiger partial charge in [0.25, 0.3) is 0 Å². The SMILES string of the molecule is Nc1cc2c(cc1NC(=O)CCC1CCCO1)OCO2. The minimum atomic E-state index is -0.0638. The van der Waals surface area contributed by atoms with Crippen molar-refractivity contribution in [2.24, 2.45) is 0 Å². The molecule has 0 bridgehead atoms. The first-order valence-electron chi connectivity index (χ1n) is 6.83. The monoisotopic (exact) mass is 278 g/mol. The molecule has 0 spiro atoms. The molecular weight excluding hydrogens is 260 g/mol. The molecule has 1 unspecified atom stereocenters. The second kappa shape index (κ2) is 5.58. The summed E-state index contributed by atoms with van der Waals surface area (Å²) in [6, 6.07) is 3.36. The Bertz CT molecular complexity index is 512. The van der Waals surface area contributed by atoms with E-state index in [0.29, 0.717) is 29.3 Å². The van der Waals surface area contributed by atoms with Crippen molar-refractivity contribution in [1.82, 2.24) is 0 Å². The van der Waals surface area contributed by atoms with Gasteiger partial charge in [-0.05, 0) is 19.3 Å². The summed E-state index contributed by atoms with van der Waals surface area (Å²) < 4.78 is 16.0. The van der Waals surface area contributed by atoms with Crippen molar-refractivity contribution in [3.63, 3.8) is 0 Å². The van der Waals surface area contributed by atoms with Gasteiger partial charge in [-0.2, -0.15) is 0 Å². The van der Waals surface area contributed by atoms with Crippen LogP contribution in [0.25, 0.3) is 0 Å². The van der Waals surface area contributed by atoms with Crippen LogP contribution in [0.5, 0.6) is 11.5 Å². The molecule has 1 amide bonds.